The number of aryl methyl sites for hydroxylation is 1. The molecule has 2 aromatic rings. The van der Waals surface area contributed by atoms with E-state index < -0.39 is 0 Å². The Morgan fingerprint density at radius 2 is 2.19 bits per heavy atom. The first-order valence-corrected chi connectivity index (χ1v) is 6.56. The van der Waals surface area contributed by atoms with Crippen LogP contribution in [-0.4, -0.2) is 5.78 Å². The second-order valence-corrected chi connectivity index (χ2v) is 5.18. The van der Waals surface area contributed by atoms with Crippen LogP contribution in [0.1, 0.15) is 41.4 Å². The summed E-state index contributed by atoms with van der Waals surface area (Å²) >= 11 is 1.63. The van der Waals surface area contributed by atoms with E-state index in [4.69, 9.17) is 0 Å². The molecule has 0 bridgehead atoms. The predicted molar refractivity (Wildman–Crippen MR) is 70.4 cm³/mol. The van der Waals surface area contributed by atoms with Gasteiger partial charge in [-0.15, -0.1) is 11.3 Å². The first-order valence-electron chi connectivity index (χ1n) is 5.74. The van der Waals surface area contributed by atoms with E-state index in [-0.39, 0.29) is 0 Å². The van der Waals surface area contributed by atoms with Crippen LogP contribution in [0.25, 0.3) is 10.1 Å². The van der Waals surface area contributed by atoms with Crippen molar-refractivity contribution in [2.75, 3.05) is 0 Å². The third kappa shape index (κ3) is 2.17. The van der Waals surface area contributed by atoms with Gasteiger partial charge in [0.15, 0.2) is 5.78 Å². The molecule has 2 heteroatoms. The zero-order valence-corrected chi connectivity index (χ0v) is 10.6. The van der Waals surface area contributed by atoms with Gasteiger partial charge in [-0.1, -0.05) is 31.5 Å². The van der Waals surface area contributed by atoms with Gasteiger partial charge in [-0.2, -0.15) is 0 Å². The van der Waals surface area contributed by atoms with E-state index in [0.29, 0.717) is 12.2 Å². The molecule has 1 nitrogen and oxygen atoms in total. The number of carbonyl (C=O) groups is 1. The Balaban J connectivity index is 2.32. The van der Waals surface area contributed by atoms with E-state index in [0.717, 1.165) is 17.7 Å². The minimum atomic E-state index is 0.294. The van der Waals surface area contributed by atoms with E-state index in [1.165, 1.54) is 15.6 Å². The Hall–Kier alpha value is -1.15. The van der Waals surface area contributed by atoms with Crippen molar-refractivity contribution < 1.29 is 4.79 Å². The molecule has 84 valence electrons. The molecular weight excluding hydrogens is 216 g/mol. The number of benzene rings is 1. The molecule has 0 N–H and O–H groups in total. The largest absolute Gasteiger partial charge is 0.293 e. The van der Waals surface area contributed by atoms with E-state index in [1.807, 2.05) is 12.1 Å². The van der Waals surface area contributed by atoms with Crippen molar-refractivity contribution in [1.29, 1.82) is 0 Å². The van der Waals surface area contributed by atoms with E-state index in [2.05, 4.69) is 26.0 Å². The molecule has 0 aliphatic rings. The Morgan fingerprint density at radius 1 is 1.38 bits per heavy atom. The lowest BCUT2D eigenvalue weighted by Crippen LogP contribution is -1.94. The topological polar surface area (TPSA) is 17.1 Å². The fraction of sp³-hybridized carbons (Fsp3) is 0.357. The Labute approximate surface area is 100 Å². The summed E-state index contributed by atoms with van der Waals surface area (Å²) in [6.45, 7) is 4.21. The molecule has 2 rings (SSSR count). The quantitative estimate of drug-likeness (QED) is 0.705. The van der Waals surface area contributed by atoms with Crippen molar-refractivity contribution >= 4 is 27.2 Å². The number of hydrogen-bond acceptors (Lipinski definition) is 2. The number of hydrogen-bond donors (Lipinski definition) is 0. The van der Waals surface area contributed by atoms with Crippen LogP contribution in [0.4, 0.5) is 0 Å². The average molecular weight is 232 g/mol. The molecule has 0 amide bonds. The number of rotatable bonds is 4. The van der Waals surface area contributed by atoms with E-state index in [1.54, 1.807) is 11.3 Å². The second kappa shape index (κ2) is 4.79. The summed E-state index contributed by atoms with van der Waals surface area (Å²) in [5.74, 6) is 0.294. The number of ketones is 1. The van der Waals surface area contributed by atoms with Gasteiger partial charge in [-0.05, 0) is 30.4 Å². The summed E-state index contributed by atoms with van der Waals surface area (Å²) in [6, 6.07) is 8.25. The normalized spacial score (nSPS) is 10.9. The molecule has 0 radical (unpaired) electrons. The number of Topliss-reactive ketones (excluding diaryl/α,β-unsaturated/α-hetero) is 1. The van der Waals surface area contributed by atoms with Gasteiger partial charge >= 0.3 is 0 Å². The van der Waals surface area contributed by atoms with Crippen molar-refractivity contribution in [3.05, 3.63) is 34.7 Å². The van der Waals surface area contributed by atoms with Gasteiger partial charge in [0, 0.05) is 11.1 Å². The standard InChI is InChI=1S/C14H16OS/c1-3-4-8-12(15)13-9-11-7-5-6-10(2)14(11)16-13/h5-7,9H,3-4,8H2,1-2H3. The second-order valence-electron chi connectivity index (χ2n) is 4.13. The fourth-order valence-corrected chi connectivity index (χ4v) is 2.90. The minimum Gasteiger partial charge on any atom is -0.293 e. The van der Waals surface area contributed by atoms with Gasteiger partial charge in [0.25, 0.3) is 0 Å². The molecule has 0 atom stereocenters. The van der Waals surface area contributed by atoms with Crippen molar-refractivity contribution in [2.45, 2.75) is 33.1 Å². The molecule has 0 spiro atoms. The zero-order chi connectivity index (χ0) is 11.5. The molecule has 1 aromatic heterocycles. The highest BCUT2D eigenvalue weighted by Crippen LogP contribution is 2.29. The monoisotopic (exact) mass is 232 g/mol. The summed E-state index contributed by atoms with van der Waals surface area (Å²) in [5.41, 5.74) is 1.26. The molecule has 1 aromatic carbocycles. The van der Waals surface area contributed by atoms with Crippen LogP contribution in [0.3, 0.4) is 0 Å². The highest BCUT2D eigenvalue weighted by Gasteiger charge is 2.10. The van der Waals surface area contributed by atoms with Gasteiger partial charge in [0.2, 0.25) is 0 Å². The van der Waals surface area contributed by atoms with Crippen LogP contribution in [-0.2, 0) is 0 Å². The maximum atomic E-state index is 11.9. The van der Waals surface area contributed by atoms with Crippen molar-refractivity contribution in [1.82, 2.24) is 0 Å². The maximum Gasteiger partial charge on any atom is 0.172 e. The van der Waals surface area contributed by atoms with Crippen LogP contribution in [0, 0.1) is 6.92 Å². The van der Waals surface area contributed by atoms with Gasteiger partial charge in [0.05, 0.1) is 4.88 Å². The van der Waals surface area contributed by atoms with Crippen molar-refractivity contribution in [2.24, 2.45) is 0 Å². The molecule has 0 unspecified atom stereocenters. The summed E-state index contributed by atoms with van der Waals surface area (Å²) in [4.78, 5) is 12.8. The molecule has 0 fully saturated rings. The smallest absolute Gasteiger partial charge is 0.172 e. The summed E-state index contributed by atoms with van der Waals surface area (Å²) < 4.78 is 1.25. The highest BCUT2D eigenvalue weighted by molar-refractivity contribution is 7.21. The Kier molecular flexibility index (Phi) is 3.39. The highest BCUT2D eigenvalue weighted by atomic mass is 32.1. The Bertz CT molecular complexity index is 510. The molecule has 16 heavy (non-hydrogen) atoms. The van der Waals surface area contributed by atoms with E-state index in [9.17, 15) is 4.79 Å². The van der Waals surface area contributed by atoms with Gasteiger partial charge in [-0.3, -0.25) is 4.79 Å². The lowest BCUT2D eigenvalue weighted by atomic mass is 10.1. The lowest BCUT2D eigenvalue weighted by molar-refractivity contribution is 0.0984. The molecule has 0 aliphatic heterocycles. The first-order chi connectivity index (χ1) is 7.72. The third-order valence-corrected chi connectivity index (χ3v) is 4.10. The molecule has 0 aliphatic carbocycles. The summed E-state index contributed by atoms with van der Waals surface area (Å²) in [7, 11) is 0. The van der Waals surface area contributed by atoms with Crippen molar-refractivity contribution in [3.63, 3.8) is 0 Å². The zero-order valence-electron chi connectivity index (χ0n) is 9.75. The van der Waals surface area contributed by atoms with Crippen LogP contribution in [0.5, 0.6) is 0 Å². The maximum absolute atomic E-state index is 11.9. The van der Waals surface area contributed by atoms with Crippen molar-refractivity contribution in [3.8, 4) is 0 Å². The van der Waals surface area contributed by atoms with Crippen LogP contribution in [0.15, 0.2) is 24.3 Å². The van der Waals surface area contributed by atoms with Crippen LogP contribution < -0.4 is 0 Å². The molecule has 1 heterocycles. The van der Waals surface area contributed by atoms with E-state index >= 15 is 0 Å². The number of thiophene rings is 1. The summed E-state index contributed by atoms with van der Waals surface area (Å²) in [5, 5.41) is 1.20. The molecule has 0 saturated heterocycles. The number of carbonyl (C=O) groups excluding carboxylic acids is 1. The number of fused-ring (bicyclic) bond motifs is 1. The third-order valence-electron chi connectivity index (χ3n) is 2.77. The molecule has 0 saturated carbocycles. The van der Waals surface area contributed by atoms with Crippen LogP contribution >= 0.6 is 11.3 Å². The fourth-order valence-electron chi connectivity index (χ4n) is 1.81. The first kappa shape index (κ1) is 11.3. The van der Waals surface area contributed by atoms with Gasteiger partial charge in [-0.25, -0.2) is 0 Å². The van der Waals surface area contributed by atoms with Gasteiger partial charge < -0.3 is 0 Å². The number of unbranched alkanes of at least 4 members (excludes halogenated alkanes) is 1. The summed E-state index contributed by atoms with van der Waals surface area (Å²) in [6.07, 6.45) is 2.75. The van der Waals surface area contributed by atoms with Gasteiger partial charge in [0.1, 0.15) is 0 Å². The minimum absolute atomic E-state index is 0.294. The average Bonchev–Trinajstić information content (AvgIpc) is 2.71. The predicted octanol–water partition coefficient (Wildman–Crippen LogP) is 4.58. The van der Waals surface area contributed by atoms with Crippen LogP contribution in [0.2, 0.25) is 0 Å². The lowest BCUT2D eigenvalue weighted by Gasteiger charge is -1.94. The SMILES string of the molecule is CCCCC(=O)c1cc2cccc(C)c2s1. The molecular formula is C14H16OS. The Morgan fingerprint density at radius 3 is 2.88 bits per heavy atom.